The SMILES string of the molecule is COC(=O)c1c(NC(=O)CSc2nnc(-c3cccs3)n2CC2CCCO2)sc(C(N)=O)c1C. The first-order valence-corrected chi connectivity index (χ1v) is 13.1. The number of nitrogens with two attached hydrogens (primary N) is 1. The molecule has 1 fully saturated rings. The molecule has 3 N–H and O–H groups in total. The smallest absolute Gasteiger partial charge is 0.341 e. The number of anilines is 1. The van der Waals surface area contributed by atoms with Crippen molar-refractivity contribution in [3.8, 4) is 10.7 Å². The van der Waals surface area contributed by atoms with Crippen molar-refractivity contribution >= 4 is 57.2 Å². The number of hydrogen-bond acceptors (Lipinski definition) is 10. The second-order valence-electron chi connectivity index (χ2n) is 7.48. The molecule has 13 heteroatoms. The number of hydrogen-bond donors (Lipinski definition) is 2. The van der Waals surface area contributed by atoms with Gasteiger partial charge in [-0.15, -0.1) is 32.9 Å². The van der Waals surface area contributed by atoms with Gasteiger partial charge in [-0.3, -0.25) is 14.2 Å². The summed E-state index contributed by atoms with van der Waals surface area (Å²) < 4.78 is 12.6. The van der Waals surface area contributed by atoms with E-state index in [9.17, 15) is 14.4 Å². The van der Waals surface area contributed by atoms with Gasteiger partial charge in [0.1, 0.15) is 5.00 Å². The minimum Gasteiger partial charge on any atom is -0.465 e. The van der Waals surface area contributed by atoms with Gasteiger partial charge in [-0.1, -0.05) is 17.8 Å². The van der Waals surface area contributed by atoms with Gasteiger partial charge in [0, 0.05) is 6.61 Å². The lowest BCUT2D eigenvalue weighted by molar-refractivity contribution is -0.113. The number of esters is 1. The van der Waals surface area contributed by atoms with Crippen LogP contribution in [-0.2, 0) is 20.8 Å². The number of ether oxygens (including phenoxy) is 2. The van der Waals surface area contributed by atoms with E-state index < -0.39 is 11.9 Å². The Morgan fingerprint density at radius 2 is 2.21 bits per heavy atom. The average molecular weight is 522 g/mol. The Bertz CT molecular complexity index is 1200. The highest BCUT2D eigenvalue weighted by molar-refractivity contribution is 7.99. The molecule has 3 aromatic heterocycles. The quantitative estimate of drug-likeness (QED) is 0.323. The lowest BCUT2D eigenvalue weighted by atomic mass is 10.1. The molecule has 0 spiro atoms. The first kappa shape index (κ1) is 24.4. The molecule has 0 saturated carbocycles. The van der Waals surface area contributed by atoms with Gasteiger partial charge in [0.05, 0.1) is 40.8 Å². The molecule has 3 aromatic rings. The van der Waals surface area contributed by atoms with Crippen LogP contribution < -0.4 is 11.1 Å². The maximum Gasteiger partial charge on any atom is 0.341 e. The molecule has 0 aliphatic carbocycles. The number of amides is 2. The number of carbonyl (C=O) groups excluding carboxylic acids is 3. The summed E-state index contributed by atoms with van der Waals surface area (Å²) in [6.07, 6.45) is 2.05. The van der Waals surface area contributed by atoms with Crippen molar-refractivity contribution in [1.82, 2.24) is 14.8 Å². The van der Waals surface area contributed by atoms with Gasteiger partial charge in [0.15, 0.2) is 11.0 Å². The van der Waals surface area contributed by atoms with Crippen LogP contribution in [0.3, 0.4) is 0 Å². The predicted octanol–water partition coefficient (Wildman–Crippen LogP) is 3.17. The van der Waals surface area contributed by atoms with Crippen LogP contribution in [0.5, 0.6) is 0 Å². The van der Waals surface area contributed by atoms with Crippen molar-refractivity contribution < 1.29 is 23.9 Å². The normalized spacial score (nSPS) is 15.4. The topological polar surface area (TPSA) is 138 Å². The van der Waals surface area contributed by atoms with Crippen LogP contribution in [0.1, 0.15) is 38.4 Å². The fraction of sp³-hybridized carbons (Fsp3) is 0.381. The maximum absolute atomic E-state index is 12.8. The molecule has 1 unspecified atom stereocenters. The second-order valence-corrected chi connectivity index (χ2v) is 10.4. The van der Waals surface area contributed by atoms with E-state index in [1.807, 2.05) is 22.1 Å². The van der Waals surface area contributed by atoms with Crippen molar-refractivity contribution in [2.75, 3.05) is 24.8 Å². The lowest BCUT2D eigenvalue weighted by Crippen LogP contribution is -2.18. The summed E-state index contributed by atoms with van der Waals surface area (Å²) in [4.78, 5) is 37.9. The van der Waals surface area contributed by atoms with Crippen LogP contribution in [0.4, 0.5) is 5.00 Å². The van der Waals surface area contributed by atoms with Crippen LogP contribution >= 0.6 is 34.4 Å². The third kappa shape index (κ3) is 5.17. The zero-order chi connectivity index (χ0) is 24.2. The number of carbonyl (C=O) groups is 3. The summed E-state index contributed by atoms with van der Waals surface area (Å²) in [5, 5.41) is 14.2. The molecular weight excluding hydrogens is 498 g/mol. The molecule has 2 amide bonds. The number of thioether (sulfide) groups is 1. The molecular formula is C21H23N5O5S3. The van der Waals surface area contributed by atoms with Gasteiger partial charge < -0.3 is 20.5 Å². The molecule has 1 atom stereocenters. The lowest BCUT2D eigenvalue weighted by Gasteiger charge is -2.14. The number of aromatic nitrogens is 3. The van der Waals surface area contributed by atoms with Crippen molar-refractivity contribution in [2.45, 2.75) is 37.6 Å². The van der Waals surface area contributed by atoms with Crippen molar-refractivity contribution in [3.63, 3.8) is 0 Å². The van der Waals surface area contributed by atoms with E-state index in [0.29, 0.717) is 17.3 Å². The highest BCUT2D eigenvalue weighted by atomic mass is 32.2. The second kappa shape index (κ2) is 10.7. The average Bonchev–Trinajstić information content (AvgIpc) is 3.60. The molecule has 0 radical (unpaired) electrons. The summed E-state index contributed by atoms with van der Waals surface area (Å²) in [5.41, 5.74) is 5.91. The number of nitrogens with one attached hydrogen (secondary N) is 1. The fourth-order valence-corrected chi connectivity index (χ4v) is 6.15. The van der Waals surface area contributed by atoms with Crippen molar-refractivity contribution in [2.24, 2.45) is 5.73 Å². The summed E-state index contributed by atoms with van der Waals surface area (Å²) in [5.74, 6) is -0.928. The van der Waals surface area contributed by atoms with Gasteiger partial charge in [0.2, 0.25) is 5.91 Å². The van der Waals surface area contributed by atoms with Crippen LogP contribution in [0.25, 0.3) is 10.7 Å². The van der Waals surface area contributed by atoms with E-state index in [-0.39, 0.29) is 33.2 Å². The van der Waals surface area contributed by atoms with Crippen LogP contribution in [0.2, 0.25) is 0 Å². The van der Waals surface area contributed by atoms with Gasteiger partial charge in [-0.05, 0) is 36.8 Å². The maximum atomic E-state index is 12.8. The zero-order valence-corrected chi connectivity index (χ0v) is 21.0. The Morgan fingerprint density at radius 1 is 1.38 bits per heavy atom. The van der Waals surface area contributed by atoms with Gasteiger partial charge in [-0.2, -0.15) is 0 Å². The largest absolute Gasteiger partial charge is 0.465 e. The molecule has 1 saturated heterocycles. The van der Waals surface area contributed by atoms with E-state index in [1.54, 1.807) is 18.3 Å². The fourth-order valence-electron chi connectivity index (χ4n) is 3.62. The minimum absolute atomic E-state index is 0.0254. The molecule has 180 valence electrons. The first-order valence-electron chi connectivity index (χ1n) is 10.4. The summed E-state index contributed by atoms with van der Waals surface area (Å²) in [7, 11) is 1.23. The monoisotopic (exact) mass is 521 g/mol. The highest BCUT2D eigenvalue weighted by Gasteiger charge is 2.26. The van der Waals surface area contributed by atoms with Crippen molar-refractivity contribution in [1.29, 1.82) is 0 Å². The number of thiophene rings is 2. The van der Waals surface area contributed by atoms with E-state index in [4.69, 9.17) is 15.2 Å². The molecule has 4 heterocycles. The Morgan fingerprint density at radius 3 is 2.85 bits per heavy atom. The molecule has 0 bridgehead atoms. The van der Waals surface area contributed by atoms with E-state index >= 15 is 0 Å². The Labute approximate surface area is 207 Å². The zero-order valence-electron chi connectivity index (χ0n) is 18.5. The Hall–Kier alpha value is -2.74. The molecule has 1 aliphatic rings. The third-order valence-corrected chi connectivity index (χ3v) is 8.27. The molecule has 0 aromatic carbocycles. The predicted molar refractivity (Wildman–Crippen MR) is 131 cm³/mol. The van der Waals surface area contributed by atoms with Crippen LogP contribution in [0.15, 0.2) is 22.7 Å². The van der Waals surface area contributed by atoms with E-state index in [1.165, 1.54) is 18.9 Å². The first-order chi connectivity index (χ1) is 16.4. The summed E-state index contributed by atoms with van der Waals surface area (Å²) in [6, 6.07) is 3.93. The van der Waals surface area contributed by atoms with E-state index in [0.717, 1.165) is 41.5 Å². The Balaban J connectivity index is 1.51. The standard InChI is InChI=1S/C21H23N5O5S3/c1-11-15(20(29)30-2)19(34-16(11)17(22)28)23-14(27)10-33-21-25-24-18(13-6-4-8-32-13)26(21)9-12-5-3-7-31-12/h4,6,8,12H,3,5,7,9-10H2,1-2H3,(H2,22,28)(H,23,27). The van der Waals surface area contributed by atoms with Gasteiger partial charge in [0.25, 0.3) is 5.91 Å². The van der Waals surface area contributed by atoms with Gasteiger partial charge >= 0.3 is 5.97 Å². The van der Waals surface area contributed by atoms with E-state index in [2.05, 4.69) is 15.5 Å². The minimum atomic E-state index is -0.675. The molecule has 4 rings (SSSR count). The number of methoxy groups -OCH3 is 1. The molecule has 10 nitrogen and oxygen atoms in total. The summed E-state index contributed by atoms with van der Waals surface area (Å²) in [6.45, 7) is 2.93. The third-order valence-electron chi connectivity index (χ3n) is 5.21. The molecule has 1 aliphatic heterocycles. The van der Waals surface area contributed by atoms with Crippen LogP contribution in [-0.4, -0.2) is 58.1 Å². The number of rotatable bonds is 9. The van der Waals surface area contributed by atoms with Crippen LogP contribution in [0, 0.1) is 6.92 Å². The molecule has 34 heavy (non-hydrogen) atoms. The van der Waals surface area contributed by atoms with Gasteiger partial charge in [-0.25, -0.2) is 4.79 Å². The Kier molecular flexibility index (Phi) is 7.66. The summed E-state index contributed by atoms with van der Waals surface area (Å²) >= 11 is 3.75. The number of nitrogens with zero attached hydrogens (tertiary/aromatic N) is 3. The number of primary amides is 1. The van der Waals surface area contributed by atoms with Crippen molar-refractivity contribution in [3.05, 3.63) is 33.5 Å². The highest BCUT2D eigenvalue weighted by Crippen LogP contribution is 2.34.